The Morgan fingerprint density at radius 1 is 1.05 bits per heavy atom. The molecule has 222 valence electrons. The van der Waals surface area contributed by atoms with E-state index in [-0.39, 0.29) is 11.1 Å². The molecule has 0 fully saturated rings. The van der Waals surface area contributed by atoms with Crippen LogP contribution >= 0.6 is 49.9 Å². The molecule has 11 heteroatoms. The third kappa shape index (κ3) is 6.73. The average Bonchev–Trinajstić information content (AvgIpc) is 3.32. The van der Waals surface area contributed by atoms with Crippen LogP contribution < -0.4 is 29.1 Å². The van der Waals surface area contributed by atoms with Crippen LogP contribution in [0.25, 0.3) is 6.08 Å². The molecule has 43 heavy (non-hydrogen) atoms. The lowest BCUT2D eigenvalue weighted by Crippen LogP contribution is -2.39. The smallest absolute Gasteiger partial charge is 0.337 e. The van der Waals surface area contributed by atoms with E-state index in [1.54, 1.807) is 12.1 Å². The van der Waals surface area contributed by atoms with Crippen LogP contribution in [0, 0.1) is 3.57 Å². The second-order valence-corrected chi connectivity index (χ2v) is 12.4. The Kier molecular flexibility index (Phi) is 10.0. The van der Waals surface area contributed by atoms with Gasteiger partial charge < -0.3 is 18.9 Å². The Bertz CT molecular complexity index is 1850. The highest BCUT2D eigenvalue weighted by molar-refractivity contribution is 14.1. The van der Waals surface area contributed by atoms with Gasteiger partial charge in [-0.15, -0.1) is 0 Å². The molecule has 0 amide bonds. The van der Waals surface area contributed by atoms with Crippen LogP contribution in [0.5, 0.6) is 17.2 Å². The molecule has 0 radical (unpaired) electrons. The van der Waals surface area contributed by atoms with Gasteiger partial charge in [0.1, 0.15) is 12.4 Å². The third-order valence-corrected chi connectivity index (χ3v) is 8.94. The number of hydrogen-bond acceptors (Lipinski definition) is 8. The molecule has 4 aromatic rings. The van der Waals surface area contributed by atoms with Crippen molar-refractivity contribution in [1.82, 2.24) is 4.57 Å². The van der Waals surface area contributed by atoms with Crippen LogP contribution in [0.1, 0.15) is 36.6 Å². The second kappa shape index (κ2) is 13.9. The number of rotatable bonds is 10. The summed E-state index contributed by atoms with van der Waals surface area (Å²) in [5.74, 6) is 1.27. The molecule has 0 unspecified atom stereocenters. The summed E-state index contributed by atoms with van der Waals surface area (Å²) in [6, 6.07) is 18.5. The average molecular weight is 775 g/mol. The lowest BCUT2D eigenvalue weighted by Gasteiger charge is -2.23. The first-order chi connectivity index (χ1) is 20.8. The van der Waals surface area contributed by atoms with Gasteiger partial charge in [0.2, 0.25) is 0 Å². The molecule has 1 atom stereocenters. The lowest BCUT2D eigenvalue weighted by atomic mass is 9.97. The third-order valence-electron chi connectivity index (χ3n) is 6.55. The molecular formula is C32H28BrIN2O6S. The number of aromatic nitrogens is 1. The van der Waals surface area contributed by atoms with Gasteiger partial charge in [-0.05, 0) is 99.4 Å². The van der Waals surface area contributed by atoms with Crippen molar-refractivity contribution in [2.24, 2.45) is 4.99 Å². The van der Waals surface area contributed by atoms with E-state index in [9.17, 15) is 9.59 Å². The number of carbonyl (C=O) groups excluding carboxylic acids is 1. The maximum absolute atomic E-state index is 13.9. The molecule has 0 N–H and O–H groups in total. The van der Waals surface area contributed by atoms with Crippen molar-refractivity contribution < 1.29 is 23.7 Å². The molecule has 1 aliphatic heterocycles. The molecule has 8 nitrogen and oxygen atoms in total. The van der Waals surface area contributed by atoms with E-state index in [0.717, 1.165) is 24.9 Å². The Balaban J connectivity index is 1.55. The van der Waals surface area contributed by atoms with Gasteiger partial charge >= 0.3 is 5.97 Å². The molecule has 0 bridgehead atoms. The molecule has 2 heterocycles. The number of esters is 1. The number of halogens is 2. The normalized spacial score (nSPS) is 14.4. The minimum atomic E-state index is -0.763. The zero-order valence-electron chi connectivity index (χ0n) is 23.6. The summed E-state index contributed by atoms with van der Waals surface area (Å²) in [5, 5.41) is 0. The van der Waals surface area contributed by atoms with Gasteiger partial charge in [-0.1, -0.05) is 47.7 Å². The molecule has 0 aliphatic carbocycles. The van der Waals surface area contributed by atoms with Crippen LogP contribution in [-0.4, -0.2) is 30.9 Å². The summed E-state index contributed by atoms with van der Waals surface area (Å²) in [7, 11) is 1.31. The molecule has 1 aliphatic rings. The summed E-state index contributed by atoms with van der Waals surface area (Å²) in [4.78, 5) is 31.7. The summed E-state index contributed by atoms with van der Waals surface area (Å²) in [5.41, 5.74) is 2.52. The van der Waals surface area contributed by atoms with E-state index in [2.05, 4.69) is 43.5 Å². The van der Waals surface area contributed by atoms with E-state index in [1.165, 1.54) is 29.2 Å². The number of carbonyl (C=O) groups is 1. The highest BCUT2D eigenvalue weighted by Gasteiger charge is 2.31. The van der Waals surface area contributed by atoms with Gasteiger partial charge in [-0.3, -0.25) is 9.36 Å². The largest absolute Gasteiger partial charge is 0.490 e. The Morgan fingerprint density at radius 2 is 1.79 bits per heavy atom. The molecule has 0 saturated carbocycles. The fraction of sp³-hybridized carbons (Fsp3) is 0.219. The maximum atomic E-state index is 13.9. The number of hydrogen-bond donors (Lipinski definition) is 0. The van der Waals surface area contributed by atoms with Crippen molar-refractivity contribution in [1.29, 1.82) is 0 Å². The fourth-order valence-electron chi connectivity index (χ4n) is 4.67. The highest BCUT2D eigenvalue weighted by atomic mass is 127. The predicted octanol–water partition coefficient (Wildman–Crippen LogP) is 5.76. The number of ether oxygens (including phenoxy) is 4. The van der Waals surface area contributed by atoms with Crippen molar-refractivity contribution in [3.63, 3.8) is 0 Å². The lowest BCUT2D eigenvalue weighted by molar-refractivity contribution is -0.136. The maximum Gasteiger partial charge on any atom is 0.337 e. The van der Waals surface area contributed by atoms with Gasteiger partial charge in [0.05, 0.1) is 44.5 Å². The summed E-state index contributed by atoms with van der Waals surface area (Å²) >= 11 is 7.12. The standard InChI is InChI=1S/C32H28BrIN2O6S/c1-4-40-25-12-11-21(16-26(25)41-5-2)28-22(31(38)39-3)17-35-32-36(28)30(37)27(43-32)15-20-13-23(33)29(24(34)14-20)42-18-19-9-7-6-8-10-19/h6-17,28H,4-5,18H2,1-3H3/b27-15-/t28-/m1/s1. The quantitative estimate of drug-likeness (QED) is 0.151. The Morgan fingerprint density at radius 3 is 2.49 bits per heavy atom. The van der Waals surface area contributed by atoms with Gasteiger partial charge in [0.15, 0.2) is 16.3 Å². The fourth-order valence-corrected chi connectivity index (χ4v) is 7.41. The van der Waals surface area contributed by atoms with Gasteiger partial charge in [-0.25, -0.2) is 9.79 Å². The molecule has 1 aromatic heterocycles. The first kappa shape index (κ1) is 31.0. The predicted molar refractivity (Wildman–Crippen MR) is 178 cm³/mol. The zero-order valence-corrected chi connectivity index (χ0v) is 28.2. The van der Waals surface area contributed by atoms with Crippen molar-refractivity contribution >= 4 is 61.9 Å². The van der Waals surface area contributed by atoms with E-state index in [1.807, 2.05) is 68.5 Å². The SMILES string of the molecule is CCOc1ccc([C@@H]2C(C(=O)OC)=CN=c3s/c(=C\c4cc(Br)c(OCc5ccccc5)c(I)c4)c(=O)n32)cc1OCC. The van der Waals surface area contributed by atoms with Crippen molar-refractivity contribution in [3.8, 4) is 17.2 Å². The minimum absolute atomic E-state index is 0.241. The first-order valence-electron chi connectivity index (χ1n) is 13.5. The van der Waals surface area contributed by atoms with Crippen LogP contribution in [-0.2, 0) is 16.1 Å². The van der Waals surface area contributed by atoms with E-state index in [0.29, 0.717) is 46.2 Å². The molecule has 3 aromatic carbocycles. The van der Waals surface area contributed by atoms with Crippen molar-refractivity contribution in [2.75, 3.05) is 20.3 Å². The van der Waals surface area contributed by atoms with Crippen LogP contribution in [0.2, 0.25) is 0 Å². The number of fused-ring (bicyclic) bond motifs is 1. The zero-order chi connectivity index (χ0) is 30.5. The second-order valence-electron chi connectivity index (χ2n) is 9.34. The van der Waals surface area contributed by atoms with E-state index < -0.39 is 12.0 Å². The van der Waals surface area contributed by atoms with Gasteiger partial charge in [0.25, 0.3) is 5.56 Å². The van der Waals surface area contributed by atoms with Crippen molar-refractivity contribution in [2.45, 2.75) is 26.5 Å². The summed E-state index contributed by atoms with van der Waals surface area (Å²) in [6.07, 6.45) is 3.29. The van der Waals surface area contributed by atoms with Gasteiger partial charge in [0, 0.05) is 6.20 Å². The molecule has 5 rings (SSSR count). The number of thiazole rings is 1. The van der Waals surface area contributed by atoms with Crippen LogP contribution in [0.3, 0.4) is 0 Å². The Labute approximate surface area is 274 Å². The summed E-state index contributed by atoms with van der Waals surface area (Å²) < 4.78 is 26.4. The van der Waals surface area contributed by atoms with Gasteiger partial charge in [-0.2, -0.15) is 0 Å². The number of benzene rings is 3. The minimum Gasteiger partial charge on any atom is -0.490 e. The first-order valence-corrected chi connectivity index (χ1v) is 16.2. The van der Waals surface area contributed by atoms with E-state index >= 15 is 0 Å². The number of methoxy groups -OCH3 is 1. The monoisotopic (exact) mass is 774 g/mol. The van der Waals surface area contributed by atoms with Crippen LogP contribution in [0.15, 0.2) is 86.7 Å². The van der Waals surface area contributed by atoms with Crippen molar-refractivity contribution in [3.05, 3.63) is 117 Å². The number of nitrogens with zero attached hydrogens (tertiary/aromatic N) is 2. The topological polar surface area (TPSA) is 88.4 Å². The summed E-state index contributed by atoms with van der Waals surface area (Å²) in [6.45, 7) is 5.11. The van der Waals surface area contributed by atoms with Crippen LogP contribution in [0.4, 0.5) is 0 Å². The molecular weight excluding hydrogens is 747 g/mol. The molecule has 0 spiro atoms. The highest BCUT2D eigenvalue weighted by Crippen LogP contribution is 2.35. The molecule has 0 saturated heterocycles. The Hall–Kier alpha value is -3.42. The van der Waals surface area contributed by atoms with E-state index in [4.69, 9.17) is 18.9 Å².